The van der Waals surface area contributed by atoms with Crippen LogP contribution in [0.25, 0.3) is 0 Å². The number of benzene rings is 3. The molecular weight excluding hydrogens is 490 g/mol. The molecule has 1 atom stereocenters. The first-order valence-corrected chi connectivity index (χ1v) is 11.3. The molecule has 0 saturated heterocycles. The predicted molar refractivity (Wildman–Crippen MR) is 117 cm³/mol. The molecule has 0 radical (unpaired) electrons. The Bertz CT molecular complexity index is 1220. The highest BCUT2D eigenvalue weighted by atomic mass is 79.9. The number of nitrogens with one attached hydrogen (secondary N) is 1. The molecule has 0 fully saturated rings. The smallest absolute Gasteiger partial charge is 0.255 e. The normalized spacial score (nSPS) is 15.5. The monoisotopic (exact) mass is 504 g/mol. The standard InChI is InChI=1S/C22H15BrF2N2O3S/c23-15-4-7-18(17(25)10-15)26-22(29)14-3-8-20-19(9-14)27(21(28)12-31(20)30)11-13-1-5-16(24)6-2-13/h1-10H,11-12H2,(H,26,29). The molecule has 0 aromatic heterocycles. The highest BCUT2D eigenvalue weighted by Gasteiger charge is 2.30. The van der Waals surface area contributed by atoms with E-state index in [4.69, 9.17) is 0 Å². The van der Waals surface area contributed by atoms with Crippen molar-refractivity contribution in [3.8, 4) is 0 Å². The number of fused-ring (bicyclic) bond motifs is 1. The molecule has 1 N–H and O–H groups in total. The minimum absolute atomic E-state index is 0.00809. The van der Waals surface area contributed by atoms with Crippen LogP contribution in [0.3, 0.4) is 0 Å². The molecule has 3 aromatic rings. The maximum Gasteiger partial charge on any atom is 0.255 e. The van der Waals surface area contributed by atoms with E-state index < -0.39 is 28.3 Å². The summed E-state index contributed by atoms with van der Waals surface area (Å²) in [5, 5.41) is 2.50. The molecule has 0 aliphatic carbocycles. The average Bonchev–Trinajstić information content (AvgIpc) is 2.74. The van der Waals surface area contributed by atoms with E-state index in [9.17, 15) is 22.6 Å². The number of carbonyl (C=O) groups excluding carboxylic acids is 2. The van der Waals surface area contributed by atoms with Crippen LogP contribution in [0.1, 0.15) is 15.9 Å². The fraction of sp³-hybridized carbons (Fsp3) is 0.0909. The molecule has 1 unspecified atom stereocenters. The number of rotatable bonds is 4. The Morgan fingerprint density at radius 1 is 1.06 bits per heavy atom. The van der Waals surface area contributed by atoms with Gasteiger partial charge in [0.1, 0.15) is 17.4 Å². The fourth-order valence-electron chi connectivity index (χ4n) is 3.20. The second-order valence-electron chi connectivity index (χ2n) is 6.86. The van der Waals surface area contributed by atoms with Crippen LogP contribution >= 0.6 is 15.9 Å². The lowest BCUT2D eigenvalue weighted by molar-refractivity contribution is -0.116. The summed E-state index contributed by atoms with van der Waals surface area (Å²) in [5.74, 6) is -2.12. The van der Waals surface area contributed by atoms with Gasteiger partial charge in [0.15, 0.2) is 0 Å². The molecule has 2 amide bonds. The molecule has 0 bridgehead atoms. The number of anilines is 2. The lowest BCUT2D eigenvalue weighted by atomic mass is 10.1. The molecule has 9 heteroatoms. The highest BCUT2D eigenvalue weighted by Crippen LogP contribution is 2.32. The molecule has 0 spiro atoms. The van der Waals surface area contributed by atoms with E-state index in [0.717, 1.165) is 0 Å². The number of carbonyl (C=O) groups is 2. The lowest BCUT2D eigenvalue weighted by Gasteiger charge is -2.29. The first-order chi connectivity index (χ1) is 14.8. The fourth-order valence-corrected chi connectivity index (χ4v) is 4.69. The van der Waals surface area contributed by atoms with Crippen LogP contribution in [0.4, 0.5) is 20.2 Å². The molecule has 31 heavy (non-hydrogen) atoms. The molecule has 3 aromatic carbocycles. The zero-order valence-electron chi connectivity index (χ0n) is 15.9. The van der Waals surface area contributed by atoms with Crippen LogP contribution in [-0.2, 0) is 22.1 Å². The second kappa shape index (κ2) is 8.68. The van der Waals surface area contributed by atoms with Crippen LogP contribution in [0.2, 0.25) is 0 Å². The Labute approximate surface area is 187 Å². The molecular formula is C22H15BrF2N2O3S. The van der Waals surface area contributed by atoms with E-state index in [-0.39, 0.29) is 29.5 Å². The summed E-state index contributed by atoms with van der Waals surface area (Å²) in [5.41, 5.74) is 1.20. The van der Waals surface area contributed by atoms with E-state index in [2.05, 4.69) is 21.2 Å². The molecule has 158 valence electrons. The van der Waals surface area contributed by atoms with Crippen LogP contribution < -0.4 is 10.2 Å². The van der Waals surface area contributed by atoms with Gasteiger partial charge in [-0.05, 0) is 54.1 Å². The number of amides is 2. The van der Waals surface area contributed by atoms with Crippen molar-refractivity contribution < 1.29 is 22.6 Å². The zero-order valence-corrected chi connectivity index (χ0v) is 18.3. The van der Waals surface area contributed by atoms with E-state index in [1.54, 1.807) is 18.2 Å². The van der Waals surface area contributed by atoms with E-state index in [0.29, 0.717) is 20.6 Å². The summed E-state index contributed by atoms with van der Waals surface area (Å²) in [7, 11) is -1.54. The van der Waals surface area contributed by atoms with Crippen LogP contribution in [-0.4, -0.2) is 21.8 Å². The largest absolute Gasteiger partial charge is 0.319 e. The third-order valence-corrected chi connectivity index (χ3v) is 6.58. The Morgan fingerprint density at radius 3 is 2.52 bits per heavy atom. The average molecular weight is 505 g/mol. The SMILES string of the molecule is O=C(Nc1ccc(Br)cc1F)c1ccc2c(c1)N(Cc1ccc(F)cc1)C(=O)CS2=O. The summed E-state index contributed by atoms with van der Waals surface area (Å²) in [6.45, 7) is 0.135. The van der Waals surface area contributed by atoms with E-state index in [1.165, 1.54) is 47.4 Å². The summed E-state index contributed by atoms with van der Waals surface area (Å²) in [4.78, 5) is 27.1. The lowest BCUT2D eigenvalue weighted by Crippen LogP contribution is -2.38. The van der Waals surface area contributed by atoms with Crippen molar-refractivity contribution in [2.75, 3.05) is 16.0 Å². The topological polar surface area (TPSA) is 66.5 Å². The first-order valence-electron chi connectivity index (χ1n) is 9.15. The quantitative estimate of drug-likeness (QED) is 0.563. The van der Waals surface area contributed by atoms with Gasteiger partial charge in [-0.15, -0.1) is 0 Å². The van der Waals surface area contributed by atoms with Gasteiger partial charge in [0.2, 0.25) is 5.91 Å². The maximum atomic E-state index is 14.1. The Balaban J connectivity index is 1.66. The van der Waals surface area contributed by atoms with Gasteiger partial charge in [-0.1, -0.05) is 28.1 Å². The summed E-state index contributed by atoms with van der Waals surface area (Å²) < 4.78 is 40.3. The number of hydrogen-bond donors (Lipinski definition) is 1. The van der Waals surface area contributed by atoms with E-state index >= 15 is 0 Å². The van der Waals surface area contributed by atoms with Gasteiger partial charge in [0.05, 0.1) is 33.6 Å². The molecule has 1 heterocycles. The van der Waals surface area contributed by atoms with Gasteiger partial charge < -0.3 is 10.2 Å². The third kappa shape index (κ3) is 4.57. The molecule has 0 saturated carbocycles. The van der Waals surface area contributed by atoms with Crippen LogP contribution in [0.15, 0.2) is 70.0 Å². The van der Waals surface area contributed by atoms with Gasteiger partial charge in [-0.2, -0.15) is 0 Å². The van der Waals surface area contributed by atoms with Crippen molar-refractivity contribution in [1.29, 1.82) is 0 Å². The summed E-state index contributed by atoms with van der Waals surface area (Å²) in [6.07, 6.45) is 0. The van der Waals surface area contributed by atoms with E-state index in [1.807, 2.05) is 0 Å². The van der Waals surface area contributed by atoms with Crippen molar-refractivity contribution in [3.05, 3.63) is 87.9 Å². The van der Waals surface area contributed by atoms with Crippen LogP contribution in [0.5, 0.6) is 0 Å². The molecule has 1 aliphatic rings. The van der Waals surface area contributed by atoms with Crippen molar-refractivity contribution >= 4 is 49.9 Å². The first kappa shape index (κ1) is 21.3. The molecule has 4 rings (SSSR count). The van der Waals surface area contributed by atoms with Crippen LogP contribution in [0, 0.1) is 11.6 Å². The Hall–Kier alpha value is -2.91. The van der Waals surface area contributed by atoms with Gasteiger partial charge >= 0.3 is 0 Å². The number of hydrogen-bond acceptors (Lipinski definition) is 3. The number of halogens is 3. The third-order valence-electron chi connectivity index (χ3n) is 4.75. The van der Waals surface area contributed by atoms with Gasteiger partial charge in [0, 0.05) is 10.0 Å². The van der Waals surface area contributed by atoms with Crippen molar-refractivity contribution in [2.45, 2.75) is 11.4 Å². The Kier molecular flexibility index (Phi) is 5.97. The molecule has 5 nitrogen and oxygen atoms in total. The van der Waals surface area contributed by atoms with Gasteiger partial charge in [0.25, 0.3) is 5.91 Å². The Morgan fingerprint density at radius 2 is 1.81 bits per heavy atom. The van der Waals surface area contributed by atoms with Gasteiger partial charge in [-0.3, -0.25) is 13.8 Å². The highest BCUT2D eigenvalue weighted by molar-refractivity contribution is 9.10. The maximum absolute atomic E-state index is 14.1. The minimum Gasteiger partial charge on any atom is -0.319 e. The zero-order chi connectivity index (χ0) is 22.1. The van der Waals surface area contributed by atoms with Crippen molar-refractivity contribution in [2.24, 2.45) is 0 Å². The van der Waals surface area contributed by atoms with Gasteiger partial charge in [-0.25, -0.2) is 8.78 Å². The molecule has 1 aliphatic heterocycles. The number of nitrogens with zero attached hydrogens (tertiary/aromatic N) is 1. The van der Waals surface area contributed by atoms with Crippen molar-refractivity contribution in [1.82, 2.24) is 0 Å². The van der Waals surface area contributed by atoms with Crippen molar-refractivity contribution in [3.63, 3.8) is 0 Å². The summed E-state index contributed by atoms with van der Waals surface area (Å²) in [6, 6.07) is 14.4. The second-order valence-corrected chi connectivity index (χ2v) is 9.19. The minimum atomic E-state index is -1.54. The predicted octanol–water partition coefficient (Wildman–Crippen LogP) is 4.63. The summed E-state index contributed by atoms with van der Waals surface area (Å²) >= 11 is 3.16.